The number of azo groups is 1. The van der Waals surface area contributed by atoms with Crippen molar-refractivity contribution >= 4 is 110 Å². The van der Waals surface area contributed by atoms with Crippen LogP contribution in [0.25, 0.3) is 21.5 Å². The van der Waals surface area contributed by atoms with E-state index in [1.54, 1.807) is 12.1 Å². The van der Waals surface area contributed by atoms with Crippen LogP contribution < -0.4 is 10.6 Å². The molecule has 0 radical (unpaired) electrons. The highest BCUT2D eigenvalue weighted by atomic mass is 35.5. The second kappa shape index (κ2) is 15.0. The largest absolute Gasteiger partial charge is 0.505 e. The van der Waals surface area contributed by atoms with Gasteiger partial charge in [0, 0.05) is 21.8 Å². The summed E-state index contributed by atoms with van der Waals surface area (Å²) in [5.41, 5.74) is -0.810. The van der Waals surface area contributed by atoms with Gasteiger partial charge in [-0.05, 0) is 59.5 Å². The molecule has 0 saturated carbocycles. The summed E-state index contributed by atoms with van der Waals surface area (Å²) in [5, 5.41) is 37.1. The number of halogens is 1. The molecule has 20 nitrogen and oxygen atoms in total. The van der Waals surface area contributed by atoms with E-state index in [-0.39, 0.29) is 67.0 Å². The summed E-state index contributed by atoms with van der Waals surface area (Å²) < 4.78 is 106. The molecule has 0 aliphatic carbocycles. The first kappa shape index (κ1) is 38.6. The second-order valence-electron chi connectivity index (χ2n) is 10.6. The first-order valence-electron chi connectivity index (χ1n) is 14.3. The number of aromatic nitrogens is 3. The number of phenols is 1. The number of hydrogen-bond acceptors (Lipinski definition) is 18. The van der Waals surface area contributed by atoms with Crippen molar-refractivity contribution in [3.05, 3.63) is 84.1 Å². The van der Waals surface area contributed by atoms with E-state index in [2.05, 4.69) is 45.2 Å². The van der Waals surface area contributed by atoms with Crippen molar-refractivity contribution in [2.24, 2.45) is 10.2 Å². The molecular formula is C29H20ClN7O13S4. The van der Waals surface area contributed by atoms with Gasteiger partial charge in [0.1, 0.15) is 21.2 Å². The minimum atomic E-state index is -4.92. The van der Waals surface area contributed by atoms with Gasteiger partial charge >= 0.3 is 0 Å². The van der Waals surface area contributed by atoms with Gasteiger partial charge in [0.15, 0.2) is 5.75 Å². The molecule has 0 fully saturated rings. The first-order valence-corrected chi connectivity index (χ1v) is 19.8. The fraction of sp³-hybridized carbons (Fsp3) is 0. The van der Waals surface area contributed by atoms with Gasteiger partial charge in [-0.2, -0.15) is 40.2 Å². The smallest absolute Gasteiger partial charge is 0.296 e. The van der Waals surface area contributed by atoms with E-state index in [9.17, 15) is 44.0 Å². The standard InChI is InChI=1S/C29H20ClN7O13S4/c30-27-33-28(31-18-8-3-6-17-16(18)5-4-10-22(17)53(43,44)45)35-29(34-27)32-20-13-15(52(40,41)42)11-14-12-21(51-50-49-39)25(26(38)24(14)20)37-36-19-7-1-2-9-23(19)54(46,47)48/h1-13,38-39H,(H,40,41,42)(H,43,44,45)(H,46,47,48)(H2,31,32,33,34,35). The van der Waals surface area contributed by atoms with Gasteiger partial charge in [-0.3, -0.25) is 13.7 Å². The molecule has 1 heterocycles. The molecule has 54 heavy (non-hydrogen) atoms. The summed E-state index contributed by atoms with van der Waals surface area (Å²) in [6.07, 6.45) is 0. The Hall–Kier alpha value is -5.12. The number of aromatic hydroxyl groups is 1. The molecule has 0 aliphatic rings. The molecular weight excluding hydrogens is 818 g/mol. The lowest BCUT2D eigenvalue weighted by molar-refractivity contribution is -0.432. The van der Waals surface area contributed by atoms with Gasteiger partial charge in [-0.25, -0.2) is 5.26 Å². The van der Waals surface area contributed by atoms with E-state index < -0.39 is 56.9 Å². The minimum Gasteiger partial charge on any atom is -0.505 e. The molecule has 280 valence electrons. The SMILES string of the molecule is O=S(=O)(O)c1cc(Nc2nc(Cl)nc(Nc3cccc4c(S(=O)(=O)O)cccc34)n2)c2c(O)c(N=Nc3ccccc3S(=O)(=O)O)c(SOOO)cc2c1. The summed E-state index contributed by atoms with van der Waals surface area (Å²) in [6, 6.07) is 16.7. The van der Waals surface area contributed by atoms with Gasteiger partial charge in [0.05, 0.1) is 27.5 Å². The van der Waals surface area contributed by atoms with E-state index in [4.69, 9.17) is 16.9 Å². The Morgan fingerprint density at radius 3 is 2.00 bits per heavy atom. The van der Waals surface area contributed by atoms with Gasteiger partial charge < -0.3 is 15.7 Å². The van der Waals surface area contributed by atoms with Crippen molar-refractivity contribution in [1.82, 2.24) is 15.0 Å². The van der Waals surface area contributed by atoms with Crippen molar-refractivity contribution in [3.63, 3.8) is 0 Å². The Morgan fingerprint density at radius 2 is 1.33 bits per heavy atom. The zero-order valence-corrected chi connectivity index (χ0v) is 30.3. The van der Waals surface area contributed by atoms with E-state index in [0.29, 0.717) is 5.39 Å². The van der Waals surface area contributed by atoms with Gasteiger partial charge in [-0.15, -0.1) is 14.6 Å². The average molecular weight is 838 g/mol. The highest BCUT2D eigenvalue weighted by Gasteiger charge is 2.23. The number of phenolic OH excluding ortho intramolecular Hbond substituents is 1. The number of fused-ring (bicyclic) bond motifs is 2. The Bertz CT molecular complexity index is 2850. The predicted molar refractivity (Wildman–Crippen MR) is 192 cm³/mol. The van der Waals surface area contributed by atoms with Crippen LogP contribution in [0, 0.1) is 0 Å². The van der Waals surface area contributed by atoms with E-state index in [1.807, 2.05) is 0 Å². The molecule has 0 unspecified atom stereocenters. The molecule has 0 spiro atoms. The Kier molecular flexibility index (Phi) is 10.7. The lowest BCUT2D eigenvalue weighted by Gasteiger charge is -2.15. The molecule has 0 saturated heterocycles. The molecule has 6 aromatic rings. The van der Waals surface area contributed by atoms with Crippen LogP contribution in [-0.2, 0) is 39.7 Å². The highest BCUT2D eigenvalue weighted by molar-refractivity contribution is 7.94. The number of rotatable bonds is 12. The third-order valence-corrected chi connectivity index (χ3v) is 10.7. The van der Waals surface area contributed by atoms with E-state index >= 15 is 0 Å². The number of anilines is 4. The van der Waals surface area contributed by atoms with Crippen LogP contribution in [0.2, 0.25) is 5.28 Å². The Labute approximate surface area is 312 Å². The third kappa shape index (κ3) is 8.32. The number of hydrogen-bond donors (Lipinski definition) is 7. The fourth-order valence-corrected chi connectivity index (χ4v) is 7.63. The minimum absolute atomic E-state index is 0.102. The van der Waals surface area contributed by atoms with Crippen LogP contribution >= 0.6 is 23.6 Å². The average Bonchev–Trinajstić information content (AvgIpc) is 3.08. The van der Waals surface area contributed by atoms with Crippen molar-refractivity contribution in [2.45, 2.75) is 19.6 Å². The summed E-state index contributed by atoms with van der Waals surface area (Å²) in [6.45, 7) is 0. The van der Waals surface area contributed by atoms with Crippen LogP contribution in [0.15, 0.2) is 109 Å². The van der Waals surface area contributed by atoms with Crippen LogP contribution in [-0.4, -0.2) is 64.2 Å². The topological polar surface area (TPSA) is 309 Å². The second-order valence-corrected chi connectivity index (χ2v) is 15.9. The Balaban J connectivity index is 1.49. The molecule has 6 rings (SSSR count). The van der Waals surface area contributed by atoms with Gasteiger partial charge in [0.25, 0.3) is 30.4 Å². The van der Waals surface area contributed by atoms with Crippen molar-refractivity contribution in [3.8, 4) is 5.75 Å². The Morgan fingerprint density at radius 1 is 0.704 bits per heavy atom. The summed E-state index contributed by atoms with van der Waals surface area (Å²) in [4.78, 5) is 10.4. The van der Waals surface area contributed by atoms with Crippen molar-refractivity contribution < 1.29 is 58.6 Å². The highest BCUT2D eigenvalue weighted by Crippen LogP contribution is 2.47. The maximum atomic E-state index is 12.3. The molecule has 5 aromatic carbocycles. The molecule has 25 heteroatoms. The normalized spacial score (nSPS) is 12.5. The van der Waals surface area contributed by atoms with Gasteiger partial charge in [-0.1, -0.05) is 41.4 Å². The zero-order chi connectivity index (χ0) is 39.0. The number of nitrogens with zero attached hydrogens (tertiary/aromatic N) is 5. The lowest BCUT2D eigenvalue weighted by atomic mass is 10.1. The van der Waals surface area contributed by atoms with Crippen LogP contribution in [0.5, 0.6) is 5.75 Å². The quantitative estimate of drug-likeness (QED) is 0.0224. The van der Waals surface area contributed by atoms with Gasteiger partial charge in [0.2, 0.25) is 17.2 Å². The molecule has 7 N–H and O–H groups in total. The number of nitrogens with one attached hydrogen (secondary N) is 2. The maximum absolute atomic E-state index is 12.3. The van der Waals surface area contributed by atoms with E-state index in [0.717, 1.165) is 18.2 Å². The maximum Gasteiger partial charge on any atom is 0.296 e. The molecule has 0 amide bonds. The zero-order valence-electron chi connectivity index (χ0n) is 26.3. The summed E-state index contributed by atoms with van der Waals surface area (Å²) in [5.74, 6) is -1.32. The van der Waals surface area contributed by atoms with E-state index in [1.165, 1.54) is 48.5 Å². The monoisotopic (exact) mass is 837 g/mol. The fourth-order valence-electron chi connectivity index (χ4n) is 5.10. The van der Waals surface area contributed by atoms with Crippen molar-refractivity contribution in [2.75, 3.05) is 10.6 Å². The molecule has 0 atom stereocenters. The summed E-state index contributed by atoms with van der Waals surface area (Å²) in [7, 11) is -14.3. The van der Waals surface area contributed by atoms with Crippen LogP contribution in [0.1, 0.15) is 0 Å². The molecule has 0 aliphatic heterocycles. The van der Waals surface area contributed by atoms with Crippen LogP contribution in [0.3, 0.4) is 0 Å². The first-order chi connectivity index (χ1) is 25.4. The van der Waals surface area contributed by atoms with Crippen molar-refractivity contribution in [1.29, 1.82) is 0 Å². The lowest BCUT2D eigenvalue weighted by Crippen LogP contribution is -2.06. The molecule has 1 aromatic heterocycles. The summed E-state index contributed by atoms with van der Waals surface area (Å²) >= 11 is 6.46. The molecule has 0 bridgehead atoms. The predicted octanol–water partition coefficient (Wildman–Crippen LogP) is 6.61. The number of benzene rings is 5. The third-order valence-electron chi connectivity index (χ3n) is 7.24. The van der Waals surface area contributed by atoms with Crippen LogP contribution in [0.4, 0.5) is 34.6 Å².